The Balaban J connectivity index is 2.25. The number of benzene rings is 1. The number of nitro groups is 1. The van der Waals surface area contributed by atoms with Crippen molar-refractivity contribution in [2.45, 2.75) is 12.5 Å². The number of nitrogens with two attached hydrogens (primary N) is 1. The van der Waals surface area contributed by atoms with E-state index in [1.165, 1.54) is 12.1 Å². The zero-order valence-corrected chi connectivity index (χ0v) is 11.9. The fraction of sp³-hybridized carbons (Fsp3) is 0.417. The Bertz CT molecular complexity index is 531. The Kier molecular flexibility index (Phi) is 4.46. The zero-order chi connectivity index (χ0) is 14.7. The van der Waals surface area contributed by atoms with Crippen LogP contribution in [0.15, 0.2) is 18.2 Å². The standard InChI is InChI=1S/C12H16N4O3S/c1-15(9-4-5-20-7-9)12(17)8-2-3-10(14-13)11(6-8)16(18)19/h2-3,6,9,14H,4-5,7,13H2,1H3. The van der Waals surface area contributed by atoms with Crippen LogP contribution in [-0.4, -0.2) is 40.3 Å². The number of nitrogens with zero attached hydrogens (tertiary/aromatic N) is 2. The highest BCUT2D eigenvalue weighted by molar-refractivity contribution is 7.99. The second kappa shape index (κ2) is 6.10. The minimum atomic E-state index is -0.558. The van der Waals surface area contributed by atoms with E-state index in [0.29, 0.717) is 5.56 Å². The first-order valence-electron chi connectivity index (χ1n) is 6.14. The van der Waals surface area contributed by atoms with Crippen LogP contribution in [0.2, 0.25) is 0 Å². The highest BCUT2D eigenvalue weighted by Crippen LogP contribution is 2.27. The number of hydrazine groups is 1. The van der Waals surface area contributed by atoms with Crippen LogP contribution in [0.4, 0.5) is 11.4 Å². The fourth-order valence-corrected chi connectivity index (χ4v) is 3.40. The maximum absolute atomic E-state index is 12.3. The minimum Gasteiger partial charge on any atom is -0.338 e. The van der Waals surface area contributed by atoms with Gasteiger partial charge in [-0.2, -0.15) is 11.8 Å². The first kappa shape index (κ1) is 14.6. The predicted octanol–water partition coefficient (Wildman–Crippen LogP) is 1.46. The van der Waals surface area contributed by atoms with Gasteiger partial charge in [-0.15, -0.1) is 0 Å². The van der Waals surface area contributed by atoms with Crippen molar-refractivity contribution in [3.05, 3.63) is 33.9 Å². The predicted molar refractivity (Wildman–Crippen MR) is 78.7 cm³/mol. The Morgan fingerprint density at radius 2 is 2.35 bits per heavy atom. The van der Waals surface area contributed by atoms with E-state index in [9.17, 15) is 14.9 Å². The third-order valence-electron chi connectivity index (χ3n) is 3.37. The van der Waals surface area contributed by atoms with Gasteiger partial charge in [0.05, 0.1) is 4.92 Å². The summed E-state index contributed by atoms with van der Waals surface area (Å²) in [5.41, 5.74) is 2.54. The summed E-state index contributed by atoms with van der Waals surface area (Å²) in [5.74, 6) is 6.97. The molecule has 1 unspecified atom stereocenters. The molecular formula is C12H16N4O3S. The molecular weight excluding hydrogens is 280 g/mol. The molecule has 108 valence electrons. The number of thioether (sulfide) groups is 1. The maximum Gasteiger partial charge on any atom is 0.294 e. The lowest BCUT2D eigenvalue weighted by atomic mass is 10.1. The fourth-order valence-electron chi connectivity index (χ4n) is 2.13. The number of nitrogens with one attached hydrogen (secondary N) is 1. The average molecular weight is 296 g/mol. The first-order chi connectivity index (χ1) is 9.54. The van der Waals surface area contributed by atoms with Gasteiger partial charge < -0.3 is 10.3 Å². The summed E-state index contributed by atoms with van der Waals surface area (Å²) in [5, 5.41) is 11.0. The number of carbonyl (C=O) groups excluding carboxylic acids is 1. The molecule has 1 saturated heterocycles. The summed E-state index contributed by atoms with van der Waals surface area (Å²) < 4.78 is 0. The molecule has 1 aromatic carbocycles. The molecule has 1 aliphatic heterocycles. The van der Waals surface area contributed by atoms with Gasteiger partial charge >= 0.3 is 0 Å². The van der Waals surface area contributed by atoms with Crippen LogP contribution in [0, 0.1) is 10.1 Å². The van der Waals surface area contributed by atoms with Gasteiger partial charge in [-0.25, -0.2) is 0 Å². The Labute approximate surface area is 120 Å². The molecule has 20 heavy (non-hydrogen) atoms. The summed E-state index contributed by atoms with van der Waals surface area (Å²) in [4.78, 5) is 24.4. The number of nitro benzene ring substituents is 1. The summed E-state index contributed by atoms with van der Waals surface area (Å²) >= 11 is 1.81. The van der Waals surface area contributed by atoms with Crippen LogP contribution in [0.5, 0.6) is 0 Å². The molecule has 0 spiro atoms. The lowest BCUT2D eigenvalue weighted by Gasteiger charge is -2.23. The van der Waals surface area contributed by atoms with Gasteiger partial charge in [-0.3, -0.25) is 20.8 Å². The Hall–Kier alpha value is -1.80. The molecule has 8 heteroatoms. The molecule has 3 N–H and O–H groups in total. The molecule has 1 fully saturated rings. The van der Waals surface area contributed by atoms with Crippen LogP contribution in [0.25, 0.3) is 0 Å². The third-order valence-corrected chi connectivity index (χ3v) is 4.52. The Morgan fingerprint density at radius 1 is 1.60 bits per heavy atom. The Morgan fingerprint density at radius 3 is 2.90 bits per heavy atom. The second-order valence-electron chi connectivity index (χ2n) is 4.57. The largest absolute Gasteiger partial charge is 0.338 e. The molecule has 7 nitrogen and oxygen atoms in total. The van der Waals surface area contributed by atoms with E-state index < -0.39 is 4.92 Å². The average Bonchev–Trinajstić information content (AvgIpc) is 2.99. The van der Waals surface area contributed by atoms with Crippen molar-refractivity contribution in [1.82, 2.24) is 4.90 Å². The minimum absolute atomic E-state index is 0.186. The summed E-state index contributed by atoms with van der Waals surface area (Å²) in [7, 11) is 1.74. The summed E-state index contributed by atoms with van der Waals surface area (Å²) in [6.45, 7) is 0. The van der Waals surface area contributed by atoms with Crippen molar-refractivity contribution < 1.29 is 9.72 Å². The van der Waals surface area contributed by atoms with Crippen molar-refractivity contribution in [3.63, 3.8) is 0 Å². The van der Waals surface area contributed by atoms with E-state index in [4.69, 9.17) is 5.84 Å². The van der Waals surface area contributed by atoms with E-state index in [2.05, 4.69) is 5.43 Å². The number of amides is 1. The van der Waals surface area contributed by atoms with Gasteiger partial charge in [-0.05, 0) is 24.3 Å². The third kappa shape index (κ3) is 2.86. The molecule has 1 atom stereocenters. The van der Waals surface area contributed by atoms with Crippen molar-refractivity contribution in [2.75, 3.05) is 24.0 Å². The van der Waals surface area contributed by atoms with Gasteiger partial charge in [0.1, 0.15) is 5.69 Å². The molecule has 0 bridgehead atoms. The van der Waals surface area contributed by atoms with Crippen LogP contribution >= 0.6 is 11.8 Å². The van der Waals surface area contributed by atoms with E-state index in [0.717, 1.165) is 17.9 Å². The van der Waals surface area contributed by atoms with Crippen molar-refractivity contribution in [1.29, 1.82) is 0 Å². The maximum atomic E-state index is 12.3. The van der Waals surface area contributed by atoms with Crippen LogP contribution in [0.3, 0.4) is 0 Å². The number of anilines is 1. The summed E-state index contributed by atoms with van der Waals surface area (Å²) in [6, 6.07) is 4.45. The van der Waals surface area contributed by atoms with Gasteiger partial charge in [-0.1, -0.05) is 0 Å². The van der Waals surface area contributed by atoms with Gasteiger partial charge in [0.15, 0.2) is 0 Å². The molecule has 0 aromatic heterocycles. The summed E-state index contributed by atoms with van der Waals surface area (Å²) in [6.07, 6.45) is 0.956. The van der Waals surface area contributed by atoms with Gasteiger partial charge in [0, 0.05) is 30.5 Å². The monoisotopic (exact) mass is 296 g/mol. The highest BCUT2D eigenvalue weighted by Gasteiger charge is 2.26. The first-order valence-corrected chi connectivity index (χ1v) is 7.30. The lowest BCUT2D eigenvalue weighted by molar-refractivity contribution is -0.384. The number of hydrogen-bond donors (Lipinski definition) is 2. The molecule has 0 aliphatic carbocycles. The van der Waals surface area contributed by atoms with E-state index in [1.807, 2.05) is 11.8 Å². The molecule has 1 aliphatic rings. The molecule has 2 rings (SSSR count). The van der Waals surface area contributed by atoms with E-state index >= 15 is 0 Å². The lowest BCUT2D eigenvalue weighted by Crippen LogP contribution is -2.37. The molecule has 1 aromatic rings. The van der Waals surface area contributed by atoms with Crippen molar-refractivity contribution in [2.24, 2.45) is 5.84 Å². The van der Waals surface area contributed by atoms with Crippen LogP contribution in [0.1, 0.15) is 16.8 Å². The molecule has 1 heterocycles. The topological polar surface area (TPSA) is 102 Å². The van der Waals surface area contributed by atoms with Gasteiger partial charge in [0.2, 0.25) is 0 Å². The molecule has 0 radical (unpaired) electrons. The van der Waals surface area contributed by atoms with Crippen LogP contribution < -0.4 is 11.3 Å². The van der Waals surface area contributed by atoms with Crippen molar-refractivity contribution >= 4 is 29.0 Å². The number of carbonyl (C=O) groups is 1. The number of nitrogen functional groups attached to an aromatic ring is 1. The number of rotatable bonds is 4. The highest BCUT2D eigenvalue weighted by atomic mass is 32.2. The SMILES string of the molecule is CN(C(=O)c1ccc(NN)c([N+](=O)[O-])c1)C1CCSC1. The molecule has 1 amide bonds. The smallest absolute Gasteiger partial charge is 0.294 e. The number of hydrogen-bond acceptors (Lipinski definition) is 6. The quantitative estimate of drug-likeness (QED) is 0.495. The normalized spacial score (nSPS) is 17.8. The van der Waals surface area contributed by atoms with Crippen molar-refractivity contribution in [3.8, 4) is 0 Å². The molecule has 0 saturated carbocycles. The second-order valence-corrected chi connectivity index (χ2v) is 5.72. The van der Waals surface area contributed by atoms with E-state index in [1.54, 1.807) is 18.0 Å². The van der Waals surface area contributed by atoms with Crippen LogP contribution in [-0.2, 0) is 0 Å². The van der Waals surface area contributed by atoms with Gasteiger partial charge in [0.25, 0.3) is 11.6 Å². The zero-order valence-electron chi connectivity index (χ0n) is 11.0. The van der Waals surface area contributed by atoms with E-state index in [-0.39, 0.29) is 23.3 Å².